The predicted octanol–water partition coefficient (Wildman–Crippen LogP) is 3.91. The molecule has 0 heterocycles. The lowest BCUT2D eigenvalue weighted by atomic mass is 10.2. The van der Waals surface area contributed by atoms with Gasteiger partial charge in [0.15, 0.2) is 5.11 Å². The summed E-state index contributed by atoms with van der Waals surface area (Å²) < 4.78 is 5.55. The summed E-state index contributed by atoms with van der Waals surface area (Å²) in [6, 6.07) is 14.7. The number of ether oxygens (including phenoxy) is 1. The maximum absolute atomic E-state index is 12.2. The number of aryl methyl sites for hydroxylation is 1. The van der Waals surface area contributed by atoms with Crippen LogP contribution in [0, 0.1) is 6.92 Å². The molecular weight excluding hydrogens is 308 g/mol. The Balaban J connectivity index is 1.94. The molecule has 0 atom stereocenters. The van der Waals surface area contributed by atoms with Crippen molar-refractivity contribution in [3.05, 3.63) is 59.7 Å². The molecule has 0 aromatic heterocycles. The summed E-state index contributed by atoms with van der Waals surface area (Å²) in [5, 5.41) is 5.93. The monoisotopic (exact) mass is 328 g/mol. The van der Waals surface area contributed by atoms with Gasteiger partial charge in [-0.05, 0) is 75.0 Å². The molecule has 2 N–H and O–H groups in total. The molecule has 0 radical (unpaired) electrons. The van der Waals surface area contributed by atoms with Gasteiger partial charge in [0.25, 0.3) is 5.91 Å². The Morgan fingerprint density at radius 1 is 1.13 bits per heavy atom. The molecule has 0 aliphatic rings. The van der Waals surface area contributed by atoms with Crippen LogP contribution in [0.1, 0.15) is 29.8 Å². The lowest BCUT2D eigenvalue weighted by molar-refractivity contribution is 0.0977. The van der Waals surface area contributed by atoms with Gasteiger partial charge in [0.05, 0.1) is 6.10 Å². The second-order valence-corrected chi connectivity index (χ2v) is 5.88. The molecule has 2 aromatic rings. The Hall–Kier alpha value is -2.40. The van der Waals surface area contributed by atoms with E-state index in [4.69, 9.17) is 17.0 Å². The zero-order chi connectivity index (χ0) is 16.8. The minimum absolute atomic E-state index is 0.0979. The quantitative estimate of drug-likeness (QED) is 0.836. The highest BCUT2D eigenvalue weighted by Gasteiger charge is 2.08. The van der Waals surface area contributed by atoms with Crippen molar-refractivity contribution >= 4 is 28.9 Å². The largest absolute Gasteiger partial charge is 0.491 e. The number of anilines is 1. The van der Waals surface area contributed by atoms with E-state index in [1.807, 2.05) is 45.0 Å². The Labute approximate surface area is 141 Å². The molecule has 0 saturated heterocycles. The van der Waals surface area contributed by atoms with E-state index in [0.717, 1.165) is 17.0 Å². The maximum Gasteiger partial charge on any atom is 0.257 e. The van der Waals surface area contributed by atoms with Gasteiger partial charge < -0.3 is 10.1 Å². The second kappa shape index (κ2) is 7.74. The van der Waals surface area contributed by atoms with E-state index < -0.39 is 0 Å². The Morgan fingerprint density at radius 3 is 2.43 bits per heavy atom. The molecule has 120 valence electrons. The predicted molar refractivity (Wildman–Crippen MR) is 97.1 cm³/mol. The molecule has 2 aromatic carbocycles. The minimum Gasteiger partial charge on any atom is -0.491 e. The summed E-state index contributed by atoms with van der Waals surface area (Å²) >= 11 is 5.17. The molecule has 4 nitrogen and oxygen atoms in total. The van der Waals surface area contributed by atoms with Gasteiger partial charge in [-0.25, -0.2) is 0 Å². The molecule has 2 rings (SSSR count). The molecule has 0 fully saturated rings. The van der Waals surface area contributed by atoms with Gasteiger partial charge in [-0.2, -0.15) is 0 Å². The van der Waals surface area contributed by atoms with E-state index in [2.05, 4.69) is 10.6 Å². The highest BCUT2D eigenvalue weighted by molar-refractivity contribution is 7.80. The van der Waals surface area contributed by atoms with Crippen molar-refractivity contribution in [2.45, 2.75) is 26.9 Å². The van der Waals surface area contributed by atoms with Crippen LogP contribution in [-0.2, 0) is 0 Å². The molecular formula is C18H20N2O2S. The van der Waals surface area contributed by atoms with Crippen LogP contribution in [0.4, 0.5) is 5.69 Å². The number of rotatable bonds is 4. The first-order valence-corrected chi connectivity index (χ1v) is 7.80. The summed E-state index contributed by atoms with van der Waals surface area (Å²) in [5.74, 6) is 0.475. The minimum atomic E-state index is -0.258. The van der Waals surface area contributed by atoms with Crippen LogP contribution >= 0.6 is 12.2 Å². The van der Waals surface area contributed by atoms with Crippen LogP contribution in [0.2, 0.25) is 0 Å². The normalized spacial score (nSPS) is 10.3. The van der Waals surface area contributed by atoms with E-state index in [-0.39, 0.29) is 17.1 Å². The first-order valence-electron chi connectivity index (χ1n) is 7.40. The lowest BCUT2D eigenvalue weighted by Crippen LogP contribution is -2.34. The van der Waals surface area contributed by atoms with Gasteiger partial charge in [-0.1, -0.05) is 12.1 Å². The number of benzene rings is 2. The zero-order valence-corrected chi connectivity index (χ0v) is 14.2. The number of carbonyl (C=O) groups is 1. The lowest BCUT2D eigenvalue weighted by Gasteiger charge is -2.11. The third-order valence-electron chi connectivity index (χ3n) is 2.99. The third-order valence-corrected chi connectivity index (χ3v) is 3.20. The first-order chi connectivity index (χ1) is 10.9. The van der Waals surface area contributed by atoms with Crippen molar-refractivity contribution in [1.29, 1.82) is 0 Å². The van der Waals surface area contributed by atoms with E-state index >= 15 is 0 Å². The average molecular weight is 328 g/mol. The topological polar surface area (TPSA) is 50.4 Å². The fourth-order valence-electron chi connectivity index (χ4n) is 2.02. The summed E-state index contributed by atoms with van der Waals surface area (Å²) in [7, 11) is 0. The van der Waals surface area contributed by atoms with Gasteiger partial charge >= 0.3 is 0 Å². The molecule has 0 saturated carbocycles. The van der Waals surface area contributed by atoms with Crippen molar-refractivity contribution in [1.82, 2.24) is 5.32 Å². The highest BCUT2D eigenvalue weighted by atomic mass is 32.1. The van der Waals surface area contributed by atoms with Crippen LogP contribution in [0.3, 0.4) is 0 Å². The standard InChI is InChI=1S/C18H20N2O2S/c1-12(2)22-16-9-7-14(8-10-16)17(21)20-18(23)19-15-6-4-5-13(3)11-15/h4-12H,1-3H3,(H2,19,20,21,23). The summed E-state index contributed by atoms with van der Waals surface area (Å²) in [4.78, 5) is 12.2. The third kappa shape index (κ3) is 5.38. The summed E-state index contributed by atoms with van der Waals surface area (Å²) in [5.41, 5.74) is 2.48. The van der Waals surface area contributed by atoms with E-state index in [1.165, 1.54) is 0 Å². The van der Waals surface area contributed by atoms with Crippen LogP contribution in [-0.4, -0.2) is 17.1 Å². The molecule has 0 bridgehead atoms. The van der Waals surface area contributed by atoms with Crippen molar-refractivity contribution in [2.24, 2.45) is 0 Å². The molecule has 5 heteroatoms. The van der Waals surface area contributed by atoms with E-state index in [0.29, 0.717) is 5.56 Å². The average Bonchev–Trinajstić information content (AvgIpc) is 2.47. The fraction of sp³-hybridized carbons (Fsp3) is 0.222. The van der Waals surface area contributed by atoms with Crippen molar-refractivity contribution in [3.8, 4) is 5.75 Å². The summed E-state index contributed by atoms with van der Waals surface area (Å²) in [6.45, 7) is 5.90. The number of nitrogens with one attached hydrogen (secondary N) is 2. The number of thiocarbonyl (C=S) groups is 1. The molecule has 0 aliphatic carbocycles. The SMILES string of the molecule is Cc1cccc(NC(=S)NC(=O)c2ccc(OC(C)C)cc2)c1. The van der Waals surface area contributed by atoms with E-state index in [9.17, 15) is 4.79 Å². The van der Waals surface area contributed by atoms with Gasteiger partial charge in [0.2, 0.25) is 0 Å². The maximum atomic E-state index is 12.2. The number of hydrogen-bond acceptors (Lipinski definition) is 3. The Morgan fingerprint density at radius 2 is 1.83 bits per heavy atom. The van der Waals surface area contributed by atoms with Gasteiger partial charge in [0.1, 0.15) is 5.75 Å². The molecule has 0 aliphatic heterocycles. The molecule has 1 amide bonds. The molecule has 0 unspecified atom stereocenters. The number of amides is 1. The zero-order valence-electron chi connectivity index (χ0n) is 13.4. The van der Waals surface area contributed by atoms with Crippen LogP contribution < -0.4 is 15.4 Å². The first kappa shape index (κ1) is 17.0. The summed E-state index contributed by atoms with van der Waals surface area (Å²) in [6.07, 6.45) is 0.0979. The van der Waals surface area contributed by atoms with E-state index in [1.54, 1.807) is 24.3 Å². The van der Waals surface area contributed by atoms with Gasteiger partial charge in [0, 0.05) is 11.3 Å². The van der Waals surface area contributed by atoms with Crippen LogP contribution in [0.25, 0.3) is 0 Å². The van der Waals surface area contributed by atoms with Crippen LogP contribution in [0.5, 0.6) is 5.75 Å². The number of hydrogen-bond donors (Lipinski definition) is 2. The van der Waals surface area contributed by atoms with Gasteiger partial charge in [-0.3, -0.25) is 10.1 Å². The highest BCUT2D eigenvalue weighted by Crippen LogP contribution is 2.14. The van der Waals surface area contributed by atoms with Crippen molar-refractivity contribution in [2.75, 3.05) is 5.32 Å². The van der Waals surface area contributed by atoms with Crippen molar-refractivity contribution in [3.63, 3.8) is 0 Å². The van der Waals surface area contributed by atoms with Crippen molar-refractivity contribution < 1.29 is 9.53 Å². The second-order valence-electron chi connectivity index (χ2n) is 5.47. The van der Waals surface area contributed by atoms with Gasteiger partial charge in [-0.15, -0.1) is 0 Å². The molecule has 23 heavy (non-hydrogen) atoms. The number of carbonyl (C=O) groups excluding carboxylic acids is 1. The fourth-order valence-corrected chi connectivity index (χ4v) is 2.23. The molecule has 0 spiro atoms. The Bertz CT molecular complexity index is 696. The van der Waals surface area contributed by atoms with Crippen LogP contribution in [0.15, 0.2) is 48.5 Å². The Kier molecular flexibility index (Phi) is 5.71. The smallest absolute Gasteiger partial charge is 0.257 e.